The molecule has 0 radical (unpaired) electrons. The van der Waals surface area contributed by atoms with E-state index in [0.29, 0.717) is 5.56 Å². The van der Waals surface area contributed by atoms with Crippen LogP contribution in [0.4, 0.5) is 8.78 Å². The lowest BCUT2D eigenvalue weighted by Crippen LogP contribution is -1.95. The topological polar surface area (TPSA) is 33.0 Å². The van der Waals surface area contributed by atoms with Crippen molar-refractivity contribution < 1.29 is 13.5 Å². The van der Waals surface area contributed by atoms with Crippen LogP contribution in [0, 0.1) is 29.9 Å². The Morgan fingerprint density at radius 3 is 2.58 bits per heavy atom. The smallest absolute Gasteiger partial charge is 0.198 e. The van der Waals surface area contributed by atoms with Crippen LogP contribution in [0.25, 0.3) is 0 Å². The largest absolute Gasteiger partial charge is 0.450 e. The van der Waals surface area contributed by atoms with Crippen molar-refractivity contribution in [3.05, 3.63) is 58.1 Å². The third-order valence-electron chi connectivity index (χ3n) is 2.52. The third kappa shape index (κ3) is 2.67. The first-order chi connectivity index (χ1) is 9.02. The molecule has 0 heterocycles. The van der Waals surface area contributed by atoms with E-state index in [4.69, 9.17) is 21.6 Å². The molecule has 0 atom stereocenters. The van der Waals surface area contributed by atoms with E-state index >= 15 is 0 Å². The minimum Gasteiger partial charge on any atom is -0.450 e. The minimum absolute atomic E-state index is 0.0871. The Balaban J connectivity index is 2.42. The normalized spacial score (nSPS) is 10.1. The van der Waals surface area contributed by atoms with Crippen molar-refractivity contribution in [2.45, 2.75) is 6.92 Å². The number of nitrogens with zero attached hydrogens (tertiary/aromatic N) is 1. The SMILES string of the molecule is Cc1ccc(F)c(Oc2ccc(C#N)cc2Cl)c1F. The van der Waals surface area contributed by atoms with Crippen LogP contribution < -0.4 is 4.74 Å². The molecule has 0 saturated carbocycles. The van der Waals surface area contributed by atoms with Crippen LogP contribution in [0.2, 0.25) is 5.02 Å². The highest BCUT2D eigenvalue weighted by Crippen LogP contribution is 2.33. The predicted octanol–water partition coefficient (Wildman–Crippen LogP) is 4.59. The van der Waals surface area contributed by atoms with E-state index in [1.807, 2.05) is 6.07 Å². The first kappa shape index (κ1) is 13.3. The number of halogens is 3. The van der Waals surface area contributed by atoms with Crippen LogP contribution in [-0.2, 0) is 0 Å². The molecular weight excluding hydrogens is 272 g/mol. The fraction of sp³-hybridized carbons (Fsp3) is 0.0714. The van der Waals surface area contributed by atoms with Crippen LogP contribution in [-0.4, -0.2) is 0 Å². The second-order valence-electron chi connectivity index (χ2n) is 3.87. The van der Waals surface area contributed by atoms with Crippen molar-refractivity contribution in [2.24, 2.45) is 0 Å². The molecule has 2 aromatic rings. The average molecular weight is 280 g/mol. The number of aryl methyl sites for hydroxylation is 1. The van der Waals surface area contributed by atoms with E-state index in [1.54, 1.807) is 0 Å². The maximum atomic E-state index is 13.8. The van der Waals surface area contributed by atoms with Gasteiger partial charge in [-0.3, -0.25) is 0 Å². The molecule has 0 aromatic heterocycles. The third-order valence-corrected chi connectivity index (χ3v) is 2.81. The van der Waals surface area contributed by atoms with E-state index in [1.165, 1.54) is 31.2 Å². The summed E-state index contributed by atoms with van der Waals surface area (Å²) >= 11 is 5.88. The molecule has 0 aliphatic carbocycles. The van der Waals surface area contributed by atoms with Crippen molar-refractivity contribution >= 4 is 11.6 Å². The second kappa shape index (κ2) is 5.25. The lowest BCUT2D eigenvalue weighted by molar-refractivity contribution is 0.405. The average Bonchev–Trinajstić information content (AvgIpc) is 2.40. The standard InChI is InChI=1S/C14H8ClF2NO/c1-8-2-4-11(16)14(13(8)17)19-12-5-3-9(7-18)6-10(12)15/h2-6H,1H3. The monoisotopic (exact) mass is 279 g/mol. The van der Waals surface area contributed by atoms with Gasteiger partial charge in [-0.1, -0.05) is 17.7 Å². The lowest BCUT2D eigenvalue weighted by Gasteiger charge is -2.10. The Bertz CT molecular complexity index is 680. The highest BCUT2D eigenvalue weighted by atomic mass is 35.5. The first-order valence-corrected chi connectivity index (χ1v) is 5.73. The van der Waals surface area contributed by atoms with Crippen molar-refractivity contribution in [3.63, 3.8) is 0 Å². The van der Waals surface area contributed by atoms with Crippen molar-refractivity contribution in [2.75, 3.05) is 0 Å². The summed E-state index contributed by atoms with van der Waals surface area (Å²) in [5, 5.41) is 8.81. The summed E-state index contributed by atoms with van der Waals surface area (Å²) < 4.78 is 32.5. The van der Waals surface area contributed by atoms with Crippen molar-refractivity contribution in [3.8, 4) is 17.6 Å². The van der Waals surface area contributed by atoms with Gasteiger partial charge in [0.2, 0.25) is 0 Å². The molecule has 0 fully saturated rings. The summed E-state index contributed by atoms with van der Waals surface area (Å²) in [7, 11) is 0. The number of benzene rings is 2. The maximum absolute atomic E-state index is 13.8. The Hall–Kier alpha value is -2.12. The van der Waals surface area contributed by atoms with Crippen molar-refractivity contribution in [1.82, 2.24) is 0 Å². The molecule has 2 aromatic carbocycles. The number of rotatable bonds is 2. The fourth-order valence-electron chi connectivity index (χ4n) is 1.49. The number of hydrogen-bond donors (Lipinski definition) is 0. The van der Waals surface area contributed by atoms with Crippen LogP contribution in [0.15, 0.2) is 30.3 Å². The summed E-state index contributed by atoms with van der Waals surface area (Å²) in [5.41, 5.74) is 0.601. The number of nitriles is 1. The molecule has 0 bridgehead atoms. The molecule has 0 N–H and O–H groups in total. The fourth-order valence-corrected chi connectivity index (χ4v) is 1.71. The van der Waals surface area contributed by atoms with Gasteiger partial charge < -0.3 is 4.74 Å². The van der Waals surface area contributed by atoms with Gasteiger partial charge >= 0.3 is 0 Å². The summed E-state index contributed by atoms with van der Waals surface area (Å²) in [6.45, 7) is 1.50. The predicted molar refractivity (Wildman–Crippen MR) is 67.3 cm³/mol. The van der Waals surface area contributed by atoms with Crippen LogP contribution in [0.5, 0.6) is 11.5 Å². The first-order valence-electron chi connectivity index (χ1n) is 5.35. The number of hydrogen-bond acceptors (Lipinski definition) is 2. The zero-order chi connectivity index (χ0) is 14.0. The van der Waals surface area contributed by atoms with Gasteiger partial charge in [-0.25, -0.2) is 8.78 Å². The summed E-state index contributed by atoms with van der Waals surface area (Å²) in [6, 6.07) is 8.54. The molecule has 0 spiro atoms. The molecule has 0 saturated heterocycles. The van der Waals surface area contributed by atoms with Gasteiger partial charge in [0.15, 0.2) is 17.4 Å². The lowest BCUT2D eigenvalue weighted by atomic mass is 10.2. The molecule has 0 aliphatic rings. The summed E-state index contributed by atoms with van der Waals surface area (Å²) in [5.74, 6) is -2.01. The maximum Gasteiger partial charge on any atom is 0.198 e. The van der Waals surface area contributed by atoms with Gasteiger partial charge in [-0.2, -0.15) is 5.26 Å². The van der Waals surface area contributed by atoms with E-state index in [0.717, 1.165) is 6.07 Å². The molecule has 2 rings (SSSR count). The zero-order valence-corrected chi connectivity index (χ0v) is 10.6. The molecular formula is C14H8ClF2NO. The Morgan fingerprint density at radius 2 is 1.95 bits per heavy atom. The molecule has 0 aliphatic heterocycles. The van der Waals surface area contributed by atoms with Gasteiger partial charge in [0.1, 0.15) is 5.75 Å². The molecule has 2 nitrogen and oxygen atoms in total. The minimum atomic E-state index is -0.816. The second-order valence-corrected chi connectivity index (χ2v) is 4.27. The van der Waals surface area contributed by atoms with E-state index < -0.39 is 17.4 Å². The highest BCUT2D eigenvalue weighted by molar-refractivity contribution is 6.32. The van der Waals surface area contributed by atoms with Crippen LogP contribution in [0.3, 0.4) is 0 Å². The Morgan fingerprint density at radius 1 is 1.21 bits per heavy atom. The van der Waals surface area contributed by atoms with Gasteiger partial charge in [-0.15, -0.1) is 0 Å². The molecule has 0 unspecified atom stereocenters. The zero-order valence-electron chi connectivity index (χ0n) is 9.88. The highest BCUT2D eigenvalue weighted by Gasteiger charge is 2.15. The van der Waals surface area contributed by atoms with E-state index in [2.05, 4.69) is 0 Å². The quantitative estimate of drug-likeness (QED) is 0.805. The molecule has 96 valence electrons. The van der Waals surface area contributed by atoms with Crippen LogP contribution in [0.1, 0.15) is 11.1 Å². The Labute approximate surface area is 113 Å². The summed E-state index contributed by atoms with van der Waals surface area (Å²) in [6.07, 6.45) is 0. The van der Waals surface area contributed by atoms with Gasteiger partial charge in [0, 0.05) is 0 Å². The van der Waals surface area contributed by atoms with Crippen molar-refractivity contribution in [1.29, 1.82) is 5.26 Å². The summed E-state index contributed by atoms with van der Waals surface area (Å²) in [4.78, 5) is 0. The molecule has 0 amide bonds. The van der Waals surface area contributed by atoms with Gasteiger partial charge in [0.05, 0.1) is 16.7 Å². The number of ether oxygens (including phenoxy) is 1. The molecule has 19 heavy (non-hydrogen) atoms. The Kier molecular flexibility index (Phi) is 3.68. The van der Waals surface area contributed by atoms with E-state index in [-0.39, 0.29) is 16.3 Å². The van der Waals surface area contributed by atoms with E-state index in [9.17, 15) is 8.78 Å². The van der Waals surface area contributed by atoms with Crippen LogP contribution >= 0.6 is 11.6 Å². The van der Waals surface area contributed by atoms with Gasteiger partial charge in [-0.05, 0) is 36.8 Å². The van der Waals surface area contributed by atoms with Gasteiger partial charge in [0.25, 0.3) is 0 Å². The molecule has 5 heteroatoms.